The highest BCUT2D eigenvalue weighted by molar-refractivity contribution is 7.92. The van der Waals surface area contributed by atoms with E-state index in [0.29, 0.717) is 28.1 Å². The number of benzene rings is 1. The first-order valence-corrected chi connectivity index (χ1v) is 10.7. The summed E-state index contributed by atoms with van der Waals surface area (Å²) in [5, 5.41) is 2.39. The quantitative estimate of drug-likeness (QED) is 0.796. The standard InChI is InChI=1S/C17H23Cl2NO3S/c1-12(17(21)20-10-13-5-3-2-4-6-13)24(22,23)11-14-7-8-15(18)16(19)9-14/h7-9,12-13H,2-6,10-11H2,1H3,(H,20,21)/t12-/m0/s1. The minimum atomic E-state index is -3.61. The first kappa shape index (κ1) is 19.5. The lowest BCUT2D eigenvalue weighted by Gasteiger charge is -2.22. The number of carbonyl (C=O) groups excluding carboxylic acids is 1. The van der Waals surface area contributed by atoms with Crippen LogP contribution in [0, 0.1) is 5.92 Å². The first-order valence-electron chi connectivity index (χ1n) is 8.23. The monoisotopic (exact) mass is 391 g/mol. The molecule has 1 aliphatic carbocycles. The maximum absolute atomic E-state index is 12.5. The van der Waals surface area contributed by atoms with Gasteiger partial charge in [0.15, 0.2) is 9.84 Å². The van der Waals surface area contributed by atoms with Crippen LogP contribution in [0.1, 0.15) is 44.6 Å². The normalized spacial score (nSPS) is 17.5. The highest BCUT2D eigenvalue weighted by Crippen LogP contribution is 2.25. The van der Waals surface area contributed by atoms with Crippen molar-refractivity contribution in [2.24, 2.45) is 5.92 Å². The molecule has 1 atom stereocenters. The van der Waals surface area contributed by atoms with Gasteiger partial charge >= 0.3 is 0 Å². The van der Waals surface area contributed by atoms with Gasteiger partial charge in [-0.3, -0.25) is 4.79 Å². The lowest BCUT2D eigenvalue weighted by molar-refractivity contribution is -0.120. The molecule has 0 saturated heterocycles. The molecule has 0 radical (unpaired) electrons. The zero-order valence-electron chi connectivity index (χ0n) is 13.7. The van der Waals surface area contributed by atoms with Gasteiger partial charge in [-0.15, -0.1) is 0 Å². The number of hydrogen-bond donors (Lipinski definition) is 1. The van der Waals surface area contributed by atoms with Crippen molar-refractivity contribution in [2.45, 2.75) is 50.0 Å². The summed E-state index contributed by atoms with van der Waals surface area (Å²) in [7, 11) is -3.61. The Morgan fingerprint density at radius 1 is 1.21 bits per heavy atom. The Morgan fingerprint density at radius 2 is 1.88 bits per heavy atom. The molecule has 1 N–H and O–H groups in total. The molecule has 24 heavy (non-hydrogen) atoms. The molecule has 1 amide bonds. The average Bonchev–Trinajstić information content (AvgIpc) is 2.56. The van der Waals surface area contributed by atoms with Crippen molar-refractivity contribution in [1.82, 2.24) is 5.32 Å². The largest absolute Gasteiger partial charge is 0.355 e. The van der Waals surface area contributed by atoms with Crippen molar-refractivity contribution in [3.8, 4) is 0 Å². The van der Waals surface area contributed by atoms with E-state index in [-0.39, 0.29) is 5.75 Å². The third-order valence-corrected chi connectivity index (χ3v) is 7.32. The van der Waals surface area contributed by atoms with Gasteiger partial charge in [-0.25, -0.2) is 8.42 Å². The fourth-order valence-corrected chi connectivity index (χ4v) is 4.55. The SMILES string of the molecule is C[C@@H](C(=O)NCC1CCCCC1)S(=O)(=O)Cc1ccc(Cl)c(Cl)c1. The van der Waals surface area contributed by atoms with Gasteiger partial charge in [0.05, 0.1) is 15.8 Å². The van der Waals surface area contributed by atoms with Gasteiger partial charge in [-0.05, 0) is 43.4 Å². The lowest BCUT2D eigenvalue weighted by atomic mass is 9.89. The van der Waals surface area contributed by atoms with Gasteiger partial charge in [-0.1, -0.05) is 48.5 Å². The van der Waals surface area contributed by atoms with Crippen LogP contribution >= 0.6 is 23.2 Å². The minimum Gasteiger partial charge on any atom is -0.355 e. The van der Waals surface area contributed by atoms with Crippen LogP contribution in [0.25, 0.3) is 0 Å². The summed E-state index contributed by atoms with van der Waals surface area (Å²) >= 11 is 11.7. The van der Waals surface area contributed by atoms with Crippen LogP contribution in [-0.2, 0) is 20.4 Å². The van der Waals surface area contributed by atoms with Crippen molar-refractivity contribution in [3.63, 3.8) is 0 Å². The van der Waals surface area contributed by atoms with Crippen LogP contribution in [0.15, 0.2) is 18.2 Å². The molecule has 0 heterocycles. The second kappa shape index (κ2) is 8.54. The van der Waals surface area contributed by atoms with E-state index in [1.54, 1.807) is 12.1 Å². The molecule has 1 aromatic rings. The predicted molar refractivity (Wildman–Crippen MR) is 98.1 cm³/mol. The maximum Gasteiger partial charge on any atom is 0.238 e. The van der Waals surface area contributed by atoms with E-state index in [1.165, 1.54) is 32.3 Å². The van der Waals surface area contributed by atoms with Gasteiger partial charge in [0.25, 0.3) is 0 Å². The van der Waals surface area contributed by atoms with Crippen molar-refractivity contribution in [1.29, 1.82) is 0 Å². The number of hydrogen-bond acceptors (Lipinski definition) is 3. The summed E-state index contributed by atoms with van der Waals surface area (Å²) in [5.41, 5.74) is 0.524. The van der Waals surface area contributed by atoms with Gasteiger partial charge in [-0.2, -0.15) is 0 Å². The molecule has 0 bridgehead atoms. The van der Waals surface area contributed by atoms with Crippen LogP contribution in [0.4, 0.5) is 0 Å². The van der Waals surface area contributed by atoms with Crippen LogP contribution in [0.2, 0.25) is 10.0 Å². The predicted octanol–water partition coefficient (Wildman–Crippen LogP) is 3.99. The molecule has 134 valence electrons. The Morgan fingerprint density at radius 3 is 2.50 bits per heavy atom. The Bertz CT molecular complexity index is 685. The number of halogens is 2. The van der Waals surface area contributed by atoms with Gasteiger partial charge < -0.3 is 5.32 Å². The molecular formula is C17H23Cl2NO3S. The molecule has 2 rings (SSSR count). The van der Waals surface area contributed by atoms with Gasteiger partial charge in [0.1, 0.15) is 5.25 Å². The van der Waals surface area contributed by atoms with Crippen LogP contribution < -0.4 is 5.32 Å². The summed E-state index contributed by atoms with van der Waals surface area (Å²) in [6, 6.07) is 4.69. The highest BCUT2D eigenvalue weighted by Gasteiger charge is 2.28. The van der Waals surface area contributed by atoms with E-state index in [9.17, 15) is 13.2 Å². The molecule has 1 saturated carbocycles. The van der Waals surface area contributed by atoms with Crippen LogP contribution in [-0.4, -0.2) is 26.1 Å². The molecule has 4 nitrogen and oxygen atoms in total. The number of amides is 1. The molecule has 0 spiro atoms. The van der Waals surface area contributed by atoms with Crippen molar-refractivity contribution >= 4 is 38.9 Å². The van der Waals surface area contributed by atoms with Gasteiger partial charge in [0, 0.05) is 6.54 Å². The fraction of sp³-hybridized carbons (Fsp3) is 0.588. The molecule has 0 aromatic heterocycles. The Hall–Kier alpha value is -0.780. The van der Waals surface area contributed by atoms with Crippen molar-refractivity contribution < 1.29 is 13.2 Å². The topological polar surface area (TPSA) is 63.2 Å². The lowest BCUT2D eigenvalue weighted by Crippen LogP contribution is -2.40. The van der Waals surface area contributed by atoms with E-state index in [4.69, 9.17) is 23.2 Å². The summed E-state index contributed by atoms with van der Waals surface area (Å²) in [5.74, 6) is -0.199. The van der Waals surface area contributed by atoms with E-state index >= 15 is 0 Å². The minimum absolute atomic E-state index is 0.234. The van der Waals surface area contributed by atoms with E-state index in [0.717, 1.165) is 12.8 Å². The number of rotatable bonds is 6. The zero-order valence-corrected chi connectivity index (χ0v) is 16.1. The van der Waals surface area contributed by atoms with Gasteiger partial charge in [0.2, 0.25) is 5.91 Å². The van der Waals surface area contributed by atoms with Crippen LogP contribution in [0.5, 0.6) is 0 Å². The third-order valence-electron chi connectivity index (χ3n) is 4.55. The zero-order chi connectivity index (χ0) is 17.7. The molecule has 0 aliphatic heterocycles. The van der Waals surface area contributed by atoms with E-state index < -0.39 is 21.0 Å². The van der Waals surface area contributed by atoms with Crippen LogP contribution in [0.3, 0.4) is 0 Å². The Labute approximate surface area is 153 Å². The Balaban J connectivity index is 1.94. The highest BCUT2D eigenvalue weighted by atomic mass is 35.5. The second-order valence-corrected chi connectivity index (χ2v) is 9.58. The smallest absolute Gasteiger partial charge is 0.238 e. The molecule has 7 heteroatoms. The molecular weight excluding hydrogens is 369 g/mol. The molecule has 0 unspecified atom stereocenters. The first-order chi connectivity index (χ1) is 11.3. The Kier molecular flexibility index (Phi) is 6.96. The van der Waals surface area contributed by atoms with Crippen molar-refractivity contribution in [2.75, 3.05) is 6.54 Å². The molecule has 1 fully saturated rings. The fourth-order valence-electron chi connectivity index (χ4n) is 2.93. The van der Waals surface area contributed by atoms with Crippen molar-refractivity contribution in [3.05, 3.63) is 33.8 Å². The number of sulfone groups is 1. The second-order valence-electron chi connectivity index (χ2n) is 6.45. The summed E-state index contributed by atoms with van der Waals surface area (Å²) < 4.78 is 24.9. The summed E-state index contributed by atoms with van der Waals surface area (Å²) in [6.07, 6.45) is 5.83. The molecule has 1 aliphatic rings. The van der Waals surface area contributed by atoms with E-state index in [1.807, 2.05) is 0 Å². The number of nitrogens with one attached hydrogen (secondary N) is 1. The molecule has 1 aromatic carbocycles. The number of carbonyl (C=O) groups is 1. The summed E-state index contributed by atoms with van der Waals surface area (Å²) in [4.78, 5) is 12.2. The van der Waals surface area contributed by atoms with E-state index in [2.05, 4.69) is 5.32 Å². The average molecular weight is 392 g/mol. The summed E-state index contributed by atoms with van der Waals surface area (Å²) in [6.45, 7) is 1.99. The maximum atomic E-state index is 12.5. The third kappa shape index (κ3) is 5.36.